The number of methoxy groups -OCH3 is 2. The Kier molecular flexibility index (Phi) is 4.92. The van der Waals surface area contributed by atoms with Crippen molar-refractivity contribution >= 4 is 21.5 Å². The number of nitrogens with two attached hydrogens (primary N) is 1. The Morgan fingerprint density at radius 1 is 1.11 bits per heavy atom. The van der Waals surface area contributed by atoms with E-state index in [2.05, 4.69) is 5.10 Å². The summed E-state index contributed by atoms with van der Waals surface area (Å²) >= 11 is 0. The fourth-order valence-electron chi connectivity index (χ4n) is 2.57. The second kappa shape index (κ2) is 7.19. The third-order valence-electron chi connectivity index (χ3n) is 3.94. The Bertz CT molecular complexity index is 1160. The largest absolute Gasteiger partial charge is 0.497 e. The van der Waals surface area contributed by atoms with Gasteiger partial charge in [0.15, 0.2) is 0 Å². The highest BCUT2D eigenvalue weighted by Gasteiger charge is 2.24. The average Bonchev–Trinajstić information content (AvgIpc) is 3.09. The summed E-state index contributed by atoms with van der Waals surface area (Å²) in [6.07, 6.45) is 0. The number of nitrogens with zero attached hydrogens (tertiary/aromatic N) is 3. The number of ether oxygens (including phenoxy) is 2. The summed E-state index contributed by atoms with van der Waals surface area (Å²) in [6.45, 7) is 0. The topological polar surface area (TPSA) is 140 Å². The summed E-state index contributed by atoms with van der Waals surface area (Å²) in [4.78, 5) is 9.95. The number of aromatic nitrogens is 2. The minimum absolute atomic E-state index is 0.153. The molecule has 2 aromatic carbocycles. The molecule has 1 heterocycles. The highest BCUT2D eigenvalue weighted by Crippen LogP contribution is 2.34. The van der Waals surface area contributed by atoms with E-state index in [9.17, 15) is 18.5 Å². The summed E-state index contributed by atoms with van der Waals surface area (Å²) in [5.74, 6) is 0.813. The maximum Gasteiger partial charge on any atom is 0.285 e. The van der Waals surface area contributed by atoms with Crippen LogP contribution in [0.3, 0.4) is 0 Å². The van der Waals surface area contributed by atoms with Crippen molar-refractivity contribution in [2.45, 2.75) is 4.90 Å². The van der Waals surface area contributed by atoms with E-state index >= 15 is 0 Å². The fraction of sp³-hybridized carbons (Fsp3) is 0.118. The van der Waals surface area contributed by atoms with Gasteiger partial charge < -0.3 is 15.2 Å². The van der Waals surface area contributed by atoms with E-state index in [4.69, 9.17) is 15.2 Å². The highest BCUT2D eigenvalue weighted by atomic mass is 32.2. The molecule has 3 aromatic rings. The summed E-state index contributed by atoms with van der Waals surface area (Å²) in [5, 5.41) is 15.0. The van der Waals surface area contributed by atoms with Gasteiger partial charge in [0.1, 0.15) is 17.3 Å². The molecule has 146 valence electrons. The maximum absolute atomic E-state index is 12.9. The standard InChI is InChI=1S/C17H16N4O6S/c1-26-12-6-7-14(16(9-12)27-2)15-10-17(18)20(19-15)28(24,25)13-5-3-4-11(8-13)21(22)23/h3-10H,18H2,1-2H3. The van der Waals surface area contributed by atoms with Gasteiger partial charge in [0.2, 0.25) is 0 Å². The summed E-state index contributed by atoms with van der Waals surface area (Å²) in [7, 11) is -1.27. The van der Waals surface area contributed by atoms with Crippen molar-refractivity contribution in [1.82, 2.24) is 9.19 Å². The Morgan fingerprint density at radius 2 is 1.86 bits per heavy atom. The van der Waals surface area contributed by atoms with Gasteiger partial charge in [-0.2, -0.15) is 13.5 Å². The Balaban J connectivity index is 2.10. The second-order valence-corrected chi connectivity index (χ2v) is 7.39. The lowest BCUT2D eigenvalue weighted by molar-refractivity contribution is -0.385. The third kappa shape index (κ3) is 3.34. The SMILES string of the molecule is COc1ccc(-c2cc(N)n(S(=O)(=O)c3cccc([N+](=O)[O-])c3)n2)c(OC)c1. The molecular weight excluding hydrogens is 388 g/mol. The van der Waals surface area contributed by atoms with Gasteiger partial charge in [0.25, 0.3) is 15.7 Å². The molecule has 0 radical (unpaired) electrons. The molecule has 0 aliphatic heterocycles. The molecule has 11 heteroatoms. The molecule has 0 saturated carbocycles. The lowest BCUT2D eigenvalue weighted by atomic mass is 10.1. The van der Waals surface area contributed by atoms with E-state index in [0.717, 1.165) is 6.07 Å². The predicted molar refractivity (Wildman–Crippen MR) is 101 cm³/mol. The van der Waals surface area contributed by atoms with Gasteiger partial charge in [-0.25, -0.2) is 0 Å². The first-order valence-corrected chi connectivity index (χ1v) is 9.30. The zero-order chi connectivity index (χ0) is 20.5. The van der Waals surface area contributed by atoms with Crippen molar-refractivity contribution in [3.8, 4) is 22.8 Å². The number of benzene rings is 2. The molecule has 0 saturated heterocycles. The number of nitro groups is 1. The number of nitrogen functional groups attached to an aromatic ring is 1. The van der Waals surface area contributed by atoms with Crippen LogP contribution >= 0.6 is 0 Å². The first-order chi connectivity index (χ1) is 13.3. The summed E-state index contributed by atoms with van der Waals surface area (Å²) in [6, 6.07) is 11.0. The molecule has 28 heavy (non-hydrogen) atoms. The Morgan fingerprint density at radius 3 is 2.50 bits per heavy atom. The molecule has 3 rings (SSSR count). The van der Waals surface area contributed by atoms with Gasteiger partial charge in [-0.15, -0.1) is 4.09 Å². The van der Waals surface area contributed by atoms with Crippen LogP contribution in [0.5, 0.6) is 11.5 Å². The Labute approximate surface area is 160 Å². The zero-order valence-electron chi connectivity index (χ0n) is 14.9. The lowest BCUT2D eigenvalue weighted by Gasteiger charge is -2.08. The molecule has 10 nitrogen and oxygen atoms in total. The van der Waals surface area contributed by atoms with Gasteiger partial charge >= 0.3 is 0 Å². The molecule has 0 aliphatic carbocycles. The Hall–Kier alpha value is -3.60. The van der Waals surface area contributed by atoms with Crippen LogP contribution in [0, 0.1) is 10.1 Å². The molecule has 0 amide bonds. The van der Waals surface area contributed by atoms with Crippen LogP contribution in [0.4, 0.5) is 11.5 Å². The van der Waals surface area contributed by atoms with E-state index in [0.29, 0.717) is 21.1 Å². The number of non-ortho nitro benzene ring substituents is 1. The molecule has 0 atom stereocenters. The smallest absolute Gasteiger partial charge is 0.285 e. The van der Waals surface area contributed by atoms with Gasteiger partial charge in [-0.3, -0.25) is 10.1 Å². The lowest BCUT2D eigenvalue weighted by Crippen LogP contribution is -2.17. The first kappa shape index (κ1) is 19.2. The van der Waals surface area contributed by atoms with Crippen molar-refractivity contribution in [1.29, 1.82) is 0 Å². The maximum atomic E-state index is 12.9. The van der Waals surface area contributed by atoms with E-state index in [1.54, 1.807) is 18.2 Å². The molecule has 1 aromatic heterocycles. The minimum atomic E-state index is -4.23. The molecule has 0 aliphatic rings. The van der Waals surface area contributed by atoms with E-state index < -0.39 is 14.9 Å². The third-order valence-corrected chi connectivity index (χ3v) is 5.54. The van der Waals surface area contributed by atoms with Crippen LogP contribution in [0.15, 0.2) is 53.4 Å². The van der Waals surface area contributed by atoms with Crippen molar-refractivity contribution in [2.75, 3.05) is 20.0 Å². The number of nitro benzene ring substituents is 1. The van der Waals surface area contributed by atoms with Crippen molar-refractivity contribution < 1.29 is 22.8 Å². The monoisotopic (exact) mass is 404 g/mol. The van der Waals surface area contributed by atoms with Gasteiger partial charge in [-0.1, -0.05) is 6.07 Å². The van der Waals surface area contributed by atoms with E-state index in [-0.39, 0.29) is 22.1 Å². The first-order valence-electron chi connectivity index (χ1n) is 7.86. The van der Waals surface area contributed by atoms with Crippen LogP contribution in [0.2, 0.25) is 0 Å². The normalized spacial score (nSPS) is 11.2. The number of rotatable bonds is 6. The second-order valence-electron chi connectivity index (χ2n) is 5.62. The molecule has 0 spiro atoms. The fourth-order valence-corrected chi connectivity index (χ4v) is 3.82. The van der Waals surface area contributed by atoms with Crippen molar-refractivity contribution in [3.05, 3.63) is 58.6 Å². The molecule has 0 unspecified atom stereocenters. The number of hydrogen-bond acceptors (Lipinski definition) is 8. The predicted octanol–water partition coefficient (Wildman–Crippen LogP) is 2.29. The van der Waals surface area contributed by atoms with Crippen LogP contribution in [-0.2, 0) is 10.0 Å². The van der Waals surface area contributed by atoms with Crippen LogP contribution in [-0.4, -0.2) is 36.7 Å². The van der Waals surface area contributed by atoms with Crippen LogP contribution in [0.1, 0.15) is 0 Å². The molecular formula is C17H16N4O6S. The van der Waals surface area contributed by atoms with Gasteiger partial charge in [0, 0.05) is 29.8 Å². The van der Waals surface area contributed by atoms with E-state index in [1.165, 1.54) is 38.5 Å². The molecule has 0 bridgehead atoms. The average molecular weight is 404 g/mol. The molecule has 2 N–H and O–H groups in total. The summed E-state index contributed by atoms with van der Waals surface area (Å²) in [5.41, 5.74) is 6.27. The van der Waals surface area contributed by atoms with Gasteiger partial charge in [0.05, 0.1) is 29.7 Å². The van der Waals surface area contributed by atoms with Crippen LogP contribution in [0.25, 0.3) is 11.3 Å². The number of hydrogen-bond donors (Lipinski definition) is 1. The molecule has 0 fully saturated rings. The minimum Gasteiger partial charge on any atom is -0.497 e. The number of anilines is 1. The van der Waals surface area contributed by atoms with Gasteiger partial charge in [-0.05, 0) is 18.2 Å². The van der Waals surface area contributed by atoms with E-state index in [1.807, 2.05) is 0 Å². The summed E-state index contributed by atoms with van der Waals surface area (Å²) < 4.78 is 36.8. The van der Waals surface area contributed by atoms with Crippen LogP contribution < -0.4 is 15.2 Å². The van der Waals surface area contributed by atoms with Crippen molar-refractivity contribution in [2.24, 2.45) is 0 Å². The van der Waals surface area contributed by atoms with Crippen molar-refractivity contribution in [3.63, 3.8) is 0 Å². The highest BCUT2D eigenvalue weighted by molar-refractivity contribution is 7.90. The quantitative estimate of drug-likeness (QED) is 0.487. The zero-order valence-corrected chi connectivity index (χ0v) is 15.7.